The van der Waals surface area contributed by atoms with Gasteiger partial charge in [0.15, 0.2) is 0 Å². The Morgan fingerprint density at radius 1 is 1.00 bits per heavy atom. The molecule has 23 heavy (non-hydrogen) atoms. The van der Waals surface area contributed by atoms with Crippen LogP contribution in [0.5, 0.6) is 0 Å². The highest BCUT2D eigenvalue weighted by Gasteiger charge is 2.26. The summed E-state index contributed by atoms with van der Waals surface area (Å²) in [5.74, 6) is 0.291. The number of benzene rings is 1. The highest BCUT2D eigenvalue weighted by atomic mass is 32.2. The van der Waals surface area contributed by atoms with E-state index in [-0.39, 0.29) is 0 Å². The van der Waals surface area contributed by atoms with E-state index in [4.69, 9.17) is 0 Å². The van der Waals surface area contributed by atoms with E-state index in [0.29, 0.717) is 18.8 Å². The minimum Gasteiger partial charge on any atom is -0.296 e. The number of aryl methyl sites for hydroxylation is 3. The van der Waals surface area contributed by atoms with Gasteiger partial charge in [-0.05, 0) is 43.9 Å². The van der Waals surface area contributed by atoms with Crippen LogP contribution in [0.3, 0.4) is 0 Å². The maximum atomic E-state index is 12.3. The molecule has 1 aliphatic rings. The number of nitrogens with zero attached hydrogens (tertiary/aromatic N) is 2. The lowest BCUT2D eigenvalue weighted by atomic mass is 9.99. The van der Waals surface area contributed by atoms with Crippen LogP contribution in [0, 0.1) is 20.8 Å². The Morgan fingerprint density at radius 2 is 1.57 bits per heavy atom. The highest BCUT2D eigenvalue weighted by Crippen LogP contribution is 2.20. The summed E-state index contributed by atoms with van der Waals surface area (Å²) in [6, 6.07) is 4.46. The maximum Gasteiger partial charge on any atom is 0.214 e. The second kappa shape index (κ2) is 7.77. The smallest absolute Gasteiger partial charge is 0.214 e. The maximum absolute atomic E-state index is 12.3. The van der Waals surface area contributed by atoms with Crippen LogP contribution in [-0.4, -0.2) is 49.6 Å². The zero-order chi connectivity index (χ0) is 17.0. The molecule has 0 unspecified atom stereocenters. The summed E-state index contributed by atoms with van der Waals surface area (Å²) in [6.45, 7) is 12.3. The van der Waals surface area contributed by atoms with Crippen molar-refractivity contribution < 1.29 is 8.42 Å². The van der Waals surface area contributed by atoms with Crippen LogP contribution in [0.4, 0.5) is 0 Å². The molecule has 130 valence electrons. The summed E-state index contributed by atoms with van der Waals surface area (Å²) in [5.41, 5.74) is 5.36. The van der Waals surface area contributed by atoms with Gasteiger partial charge in [-0.2, -0.15) is 4.31 Å². The van der Waals surface area contributed by atoms with E-state index in [2.05, 4.69) is 37.8 Å². The number of hydrogen-bond acceptors (Lipinski definition) is 3. The molecule has 0 atom stereocenters. The van der Waals surface area contributed by atoms with Crippen LogP contribution in [0.2, 0.25) is 0 Å². The van der Waals surface area contributed by atoms with Gasteiger partial charge in [-0.1, -0.05) is 31.0 Å². The van der Waals surface area contributed by atoms with Gasteiger partial charge in [0.2, 0.25) is 10.0 Å². The molecule has 4 nitrogen and oxygen atoms in total. The summed E-state index contributed by atoms with van der Waals surface area (Å²) in [6.07, 6.45) is 1.68. The average molecular weight is 339 g/mol. The topological polar surface area (TPSA) is 40.6 Å². The Labute approximate surface area is 141 Å². The monoisotopic (exact) mass is 338 g/mol. The Kier molecular flexibility index (Phi) is 6.23. The van der Waals surface area contributed by atoms with Gasteiger partial charge in [-0.15, -0.1) is 0 Å². The Balaban J connectivity index is 1.95. The fraction of sp³-hybridized carbons (Fsp3) is 0.667. The van der Waals surface area contributed by atoms with Crippen LogP contribution < -0.4 is 0 Å². The quantitative estimate of drug-likeness (QED) is 0.801. The normalized spacial score (nSPS) is 17.6. The molecule has 1 fully saturated rings. The van der Waals surface area contributed by atoms with Crippen LogP contribution in [0.15, 0.2) is 12.1 Å². The number of unbranched alkanes of at least 4 members (excludes halogenated alkanes) is 1. The van der Waals surface area contributed by atoms with E-state index in [1.165, 1.54) is 22.3 Å². The summed E-state index contributed by atoms with van der Waals surface area (Å²) in [5, 5.41) is 0. The van der Waals surface area contributed by atoms with Crippen LogP contribution >= 0.6 is 0 Å². The van der Waals surface area contributed by atoms with E-state index in [0.717, 1.165) is 32.5 Å². The van der Waals surface area contributed by atoms with Crippen molar-refractivity contribution in [2.24, 2.45) is 0 Å². The van der Waals surface area contributed by atoms with Crippen molar-refractivity contribution in [3.63, 3.8) is 0 Å². The lowest BCUT2D eigenvalue weighted by Gasteiger charge is -2.34. The van der Waals surface area contributed by atoms with Crippen LogP contribution in [0.1, 0.15) is 42.0 Å². The van der Waals surface area contributed by atoms with Crippen LogP contribution in [0.25, 0.3) is 0 Å². The van der Waals surface area contributed by atoms with Gasteiger partial charge in [0.1, 0.15) is 0 Å². The first-order valence-electron chi connectivity index (χ1n) is 8.60. The number of piperazine rings is 1. The second-order valence-corrected chi connectivity index (χ2v) is 8.81. The van der Waals surface area contributed by atoms with E-state index >= 15 is 0 Å². The molecule has 0 radical (unpaired) electrons. The largest absolute Gasteiger partial charge is 0.296 e. The molecule has 0 bridgehead atoms. The van der Waals surface area contributed by atoms with Crippen molar-refractivity contribution in [1.82, 2.24) is 9.21 Å². The molecule has 5 heteroatoms. The molecule has 0 saturated carbocycles. The van der Waals surface area contributed by atoms with Crippen molar-refractivity contribution >= 4 is 10.0 Å². The van der Waals surface area contributed by atoms with E-state index in [1.54, 1.807) is 4.31 Å². The molecule has 0 N–H and O–H groups in total. The summed E-state index contributed by atoms with van der Waals surface area (Å²) in [4.78, 5) is 2.37. The van der Waals surface area contributed by atoms with Gasteiger partial charge in [0, 0.05) is 32.7 Å². The second-order valence-electron chi connectivity index (χ2n) is 6.72. The lowest BCUT2D eigenvalue weighted by molar-refractivity contribution is 0.181. The zero-order valence-corrected chi connectivity index (χ0v) is 15.7. The molecular formula is C18H30N2O2S. The van der Waals surface area contributed by atoms with Crippen molar-refractivity contribution in [3.05, 3.63) is 34.4 Å². The van der Waals surface area contributed by atoms with Crippen molar-refractivity contribution in [3.8, 4) is 0 Å². The molecule has 0 amide bonds. The Morgan fingerprint density at radius 3 is 2.09 bits per heavy atom. The molecule has 1 aromatic rings. The van der Waals surface area contributed by atoms with Crippen molar-refractivity contribution in [2.75, 3.05) is 31.9 Å². The molecule has 1 aromatic carbocycles. The minimum atomic E-state index is -3.06. The average Bonchev–Trinajstić information content (AvgIpc) is 2.49. The molecule has 2 rings (SSSR count). The highest BCUT2D eigenvalue weighted by molar-refractivity contribution is 7.89. The number of hydrogen-bond donors (Lipinski definition) is 0. The fourth-order valence-corrected chi connectivity index (χ4v) is 4.94. The third-order valence-corrected chi connectivity index (χ3v) is 6.66. The van der Waals surface area contributed by atoms with E-state index in [1.807, 2.05) is 6.92 Å². The Hall–Kier alpha value is -0.910. The van der Waals surface area contributed by atoms with Gasteiger partial charge >= 0.3 is 0 Å². The minimum absolute atomic E-state index is 0.291. The first-order valence-corrected chi connectivity index (χ1v) is 10.2. The first-order chi connectivity index (χ1) is 10.8. The molecule has 1 aliphatic heterocycles. The zero-order valence-electron chi connectivity index (χ0n) is 14.9. The molecule has 1 heterocycles. The van der Waals surface area contributed by atoms with Crippen molar-refractivity contribution in [1.29, 1.82) is 0 Å². The molecule has 0 aliphatic carbocycles. The molecule has 1 saturated heterocycles. The number of sulfonamides is 1. The lowest BCUT2D eigenvalue weighted by Crippen LogP contribution is -2.48. The predicted octanol–water partition coefficient (Wildman–Crippen LogP) is 2.86. The van der Waals surface area contributed by atoms with E-state index in [9.17, 15) is 8.42 Å². The molecule has 0 spiro atoms. The summed E-state index contributed by atoms with van der Waals surface area (Å²) in [7, 11) is -3.06. The van der Waals surface area contributed by atoms with Gasteiger partial charge < -0.3 is 0 Å². The van der Waals surface area contributed by atoms with Gasteiger partial charge in [-0.25, -0.2) is 8.42 Å². The SMILES string of the molecule is CCCCS(=O)(=O)N1CCN(Cc2c(C)cc(C)cc2C)CC1. The van der Waals surface area contributed by atoms with E-state index < -0.39 is 10.0 Å². The standard InChI is InChI=1S/C18H30N2O2S/c1-5-6-11-23(21,22)20-9-7-19(8-10-20)14-18-16(3)12-15(2)13-17(18)4/h12-13H,5-11,14H2,1-4H3. The van der Waals surface area contributed by atoms with Gasteiger partial charge in [-0.3, -0.25) is 4.90 Å². The summed E-state index contributed by atoms with van der Waals surface area (Å²) >= 11 is 0. The predicted molar refractivity (Wildman–Crippen MR) is 96.2 cm³/mol. The Bertz CT molecular complexity index is 609. The first kappa shape index (κ1) is 18.4. The fourth-order valence-electron chi connectivity index (χ4n) is 3.30. The van der Waals surface area contributed by atoms with Gasteiger partial charge in [0.25, 0.3) is 0 Å². The third kappa shape index (κ3) is 4.78. The molecular weight excluding hydrogens is 308 g/mol. The summed E-state index contributed by atoms with van der Waals surface area (Å²) < 4.78 is 26.2. The van der Waals surface area contributed by atoms with Gasteiger partial charge in [0.05, 0.1) is 5.75 Å². The van der Waals surface area contributed by atoms with Crippen LogP contribution in [-0.2, 0) is 16.6 Å². The molecule has 0 aromatic heterocycles. The number of rotatable bonds is 6. The third-order valence-electron chi connectivity index (χ3n) is 4.70. The van der Waals surface area contributed by atoms with Crippen molar-refractivity contribution in [2.45, 2.75) is 47.1 Å².